The summed E-state index contributed by atoms with van der Waals surface area (Å²) in [5, 5.41) is 11.9. The standard InChI is InChI=1S/C25H33NO7/c1-6-30-21-12-11-18(15-22(21)31-7-2)16-32-19-10-8-9-17(13-19)14-20(23(27)28)26-24(29)33-25(3,4)5/h8-13,15,20H,6-7,14,16H2,1-5H3,(H,26,29)(H,27,28). The van der Waals surface area contributed by atoms with Gasteiger partial charge in [-0.15, -0.1) is 0 Å². The van der Waals surface area contributed by atoms with Gasteiger partial charge in [-0.2, -0.15) is 0 Å². The lowest BCUT2D eigenvalue weighted by molar-refractivity contribution is -0.139. The van der Waals surface area contributed by atoms with Crippen LogP contribution in [0, 0.1) is 0 Å². The van der Waals surface area contributed by atoms with Crippen molar-refractivity contribution in [2.24, 2.45) is 0 Å². The van der Waals surface area contributed by atoms with Crippen molar-refractivity contribution in [2.75, 3.05) is 13.2 Å². The van der Waals surface area contributed by atoms with Crippen molar-refractivity contribution in [3.8, 4) is 17.2 Å². The number of alkyl carbamates (subject to hydrolysis) is 1. The van der Waals surface area contributed by atoms with Crippen LogP contribution in [-0.2, 0) is 22.6 Å². The molecule has 0 spiro atoms. The van der Waals surface area contributed by atoms with E-state index in [-0.39, 0.29) is 6.42 Å². The lowest BCUT2D eigenvalue weighted by Crippen LogP contribution is -2.44. The number of aliphatic carboxylic acids is 1. The summed E-state index contributed by atoms with van der Waals surface area (Å²) in [6.45, 7) is 10.3. The number of carbonyl (C=O) groups is 2. The van der Waals surface area contributed by atoms with Crippen molar-refractivity contribution in [3.63, 3.8) is 0 Å². The molecule has 0 radical (unpaired) electrons. The van der Waals surface area contributed by atoms with Crippen molar-refractivity contribution < 1.29 is 33.6 Å². The third kappa shape index (κ3) is 8.92. The number of hydrogen-bond donors (Lipinski definition) is 2. The van der Waals surface area contributed by atoms with Crippen molar-refractivity contribution in [1.82, 2.24) is 5.32 Å². The predicted molar refractivity (Wildman–Crippen MR) is 124 cm³/mol. The minimum atomic E-state index is -1.15. The van der Waals surface area contributed by atoms with Crippen LogP contribution in [0.4, 0.5) is 4.79 Å². The van der Waals surface area contributed by atoms with E-state index in [0.717, 1.165) is 5.56 Å². The Bertz CT molecular complexity index is 937. The van der Waals surface area contributed by atoms with Crippen LogP contribution < -0.4 is 19.5 Å². The average molecular weight is 460 g/mol. The Hall–Kier alpha value is -3.42. The summed E-state index contributed by atoms with van der Waals surface area (Å²) in [4.78, 5) is 23.6. The van der Waals surface area contributed by atoms with Crippen molar-refractivity contribution in [1.29, 1.82) is 0 Å². The molecule has 180 valence electrons. The number of carboxylic acid groups (broad SMARTS) is 1. The molecule has 0 heterocycles. The van der Waals surface area contributed by atoms with Gasteiger partial charge in [-0.25, -0.2) is 9.59 Å². The number of amides is 1. The molecule has 0 bridgehead atoms. The van der Waals surface area contributed by atoms with E-state index >= 15 is 0 Å². The van der Waals surface area contributed by atoms with Gasteiger partial charge in [0, 0.05) is 6.42 Å². The summed E-state index contributed by atoms with van der Waals surface area (Å²) in [7, 11) is 0. The molecule has 0 aliphatic carbocycles. The molecule has 0 aliphatic heterocycles. The monoisotopic (exact) mass is 459 g/mol. The van der Waals surface area contributed by atoms with Crippen LogP contribution in [0.5, 0.6) is 17.2 Å². The molecule has 2 rings (SSSR count). The van der Waals surface area contributed by atoms with Crippen LogP contribution >= 0.6 is 0 Å². The molecule has 0 saturated heterocycles. The fourth-order valence-electron chi connectivity index (χ4n) is 3.00. The Morgan fingerprint density at radius 2 is 1.64 bits per heavy atom. The molecule has 33 heavy (non-hydrogen) atoms. The minimum absolute atomic E-state index is 0.0866. The molecule has 0 fully saturated rings. The van der Waals surface area contributed by atoms with Crippen molar-refractivity contribution in [2.45, 2.75) is 59.3 Å². The van der Waals surface area contributed by atoms with Crippen LogP contribution in [0.25, 0.3) is 0 Å². The van der Waals surface area contributed by atoms with E-state index in [9.17, 15) is 14.7 Å². The molecular formula is C25H33NO7. The van der Waals surface area contributed by atoms with E-state index in [4.69, 9.17) is 18.9 Å². The lowest BCUT2D eigenvalue weighted by Gasteiger charge is -2.22. The summed E-state index contributed by atoms with van der Waals surface area (Å²) in [5.74, 6) is 0.778. The molecule has 8 heteroatoms. The largest absolute Gasteiger partial charge is 0.490 e. The predicted octanol–water partition coefficient (Wildman–Crippen LogP) is 4.58. The average Bonchev–Trinajstić information content (AvgIpc) is 2.72. The maximum Gasteiger partial charge on any atom is 0.408 e. The van der Waals surface area contributed by atoms with E-state index in [1.54, 1.807) is 45.0 Å². The number of benzene rings is 2. The van der Waals surface area contributed by atoms with Gasteiger partial charge in [0.2, 0.25) is 0 Å². The van der Waals surface area contributed by atoms with Crippen LogP contribution in [0.2, 0.25) is 0 Å². The summed E-state index contributed by atoms with van der Waals surface area (Å²) in [6.07, 6.45) is -0.688. The van der Waals surface area contributed by atoms with E-state index < -0.39 is 23.7 Å². The van der Waals surface area contributed by atoms with Crippen LogP contribution in [-0.4, -0.2) is 42.0 Å². The third-order valence-corrected chi connectivity index (χ3v) is 4.34. The maximum absolute atomic E-state index is 12.0. The number of carboxylic acids is 1. The number of ether oxygens (including phenoxy) is 4. The quantitative estimate of drug-likeness (QED) is 0.507. The zero-order chi connectivity index (χ0) is 24.4. The first-order valence-corrected chi connectivity index (χ1v) is 10.9. The molecule has 2 aromatic rings. The Labute approximate surface area is 194 Å². The van der Waals surface area contributed by atoms with Gasteiger partial charge in [0.1, 0.15) is 24.0 Å². The molecule has 1 atom stereocenters. The number of nitrogens with one attached hydrogen (secondary N) is 1. The Kier molecular flexibility index (Phi) is 9.39. The highest BCUT2D eigenvalue weighted by atomic mass is 16.6. The summed E-state index contributed by atoms with van der Waals surface area (Å²) >= 11 is 0. The van der Waals surface area contributed by atoms with Crippen molar-refractivity contribution >= 4 is 12.1 Å². The molecule has 0 saturated carbocycles. The van der Waals surface area contributed by atoms with Gasteiger partial charge in [-0.05, 0) is 70.0 Å². The first-order valence-electron chi connectivity index (χ1n) is 10.9. The molecule has 8 nitrogen and oxygen atoms in total. The van der Waals surface area contributed by atoms with Gasteiger partial charge in [0.15, 0.2) is 11.5 Å². The molecule has 1 unspecified atom stereocenters. The number of rotatable bonds is 11. The first-order chi connectivity index (χ1) is 15.6. The molecule has 2 aromatic carbocycles. The topological polar surface area (TPSA) is 103 Å². The second-order valence-corrected chi connectivity index (χ2v) is 8.32. The second kappa shape index (κ2) is 12.0. The number of hydrogen-bond acceptors (Lipinski definition) is 6. The summed E-state index contributed by atoms with van der Waals surface area (Å²) < 4.78 is 22.3. The smallest absolute Gasteiger partial charge is 0.408 e. The van der Waals surface area contributed by atoms with Crippen molar-refractivity contribution in [3.05, 3.63) is 53.6 Å². The van der Waals surface area contributed by atoms with Gasteiger partial charge in [-0.1, -0.05) is 18.2 Å². The van der Waals surface area contributed by atoms with Gasteiger partial charge in [0.25, 0.3) is 0 Å². The van der Waals surface area contributed by atoms with Crippen LogP contribution in [0.3, 0.4) is 0 Å². The third-order valence-electron chi connectivity index (χ3n) is 4.34. The highest BCUT2D eigenvalue weighted by Crippen LogP contribution is 2.29. The van der Waals surface area contributed by atoms with E-state index in [1.165, 1.54) is 0 Å². The zero-order valence-electron chi connectivity index (χ0n) is 19.8. The SMILES string of the molecule is CCOc1ccc(COc2cccc(CC(NC(=O)OC(C)(C)C)C(=O)O)c2)cc1OCC. The molecule has 2 N–H and O–H groups in total. The van der Waals surface area contributed by atoms with Crippen LogP contribution in [0.1, 0.15) is 45.7 Å². The summed E-state index contributed by atoms with van der Waals surface area (Å²) in [6, 6.07) is 11.6. The second-order valence-electron chi connectivity index (χ2n) is 8.32. The highest BCUT2D eigenvalue weighted by Gasteiger charge is 2.24. The van der Waals surface area contributed by atoms with Gasteiger partial charge < -0.3 is 29.4 Å². The first kappa shape index (κ1) is 25.8. The molecule has 0 aliphatic rings. The van der Waals surface area contributed by atoms with E-state index in [0.29, 0.717) is 42.6 Å². The normalized spacial score (nSPS) is 11.9. The molecule has 1 amide bonds. The van der Waals surface area contributed by atoms with Crippen LogP contribution in [0.15, 0.2) is 42.5 Å². The Balaban J connectivity index is 2.04. The Morgan fingerprint density at radius 1 is 0.939 bits per heavy atom. The Morgan fingerprint density at radius 3 is 2.27 bits per heavy atom. The summed E-state index contributed by atoms with van der Waals surface area (Å²) in [5.41, 5.74) is 0.893. The molecule has 0 aromatic heterocycles. The number of carbonyl (C=O) groups excluding carboxylic acids is 1. The van der Waals surface area contributed by atoms with E-state index in [1.807, 2.05) is 32.0 Å². The zero-order valence-corrected chi connectivity index (χ0v) is 19.8. The van der Waals surface area contributed by atoms with Gasteiger partial charge >= 0.3 is 12.1 Å². The van der Waals surface area contributed by atoms with E-state index in [2.05, 4.69) is 5.32 Å². The lowest BCUT2D eigenvalue weighted by atomic mass is 10.1. The fraction of sp³-hybridized carbons (Fsp3) is 0.440. The van der Waals surface area contributed by atoms with Gasteiger partial charge in [0.05, 0.1) is 13.2 Å². The van der Waals surface area contributed by atoms with Gasteiger partial charge in [-0.3, -0.25) is 0 Å². The fourth-order valence-corrected chi connectivity index (χ4v) is 3.00. The highest BCUT2D eigenvalue weighted by molar-refractivity contribution is 5.80. The minimum Gasteiger partial charge on any atom is -0.490 e. The maximum atomic E-state index is 12.0. The molecular weight excluding hydrogens is 426 g/mol.